The standard InChI is InChI=1S/C17H28N2O12S/c1-4(21)18-5(3-32)16(29)19-7-9(23)8(22)6(2-20)30-17(7)31-15-13(27)11(25)10(24)12(26)14(15)28/h3,5-15,17,20,22-28H,2H2,1H3,(H,18,21)(H,19,29)/t5-,6+,7+,8+,9+,10?,11-,12+,13+,14+,15?,17+/m0/s1. The van der Waals surface area contributed by atoms with E-state index in [4.69, 9.17) is 21.7 Å². The molecular formula is C17H28N2O12S. The topological polar surface area (TPSA) is 238 Å². The number of aliphatic hydroxyl groups excluding tert-OH is 8. The largest absolute Gasteiger partial charge is 0.394 e. The maximum atomic E-state index is 12.5. The molecule has 0 radical (unpaired) electrons. The van der Waals surface area contributed by atoms with E-state index >= 15 is 0 Å². The van der Waals surface area contributed by atoms with Crippen LogP contribution in [-0.2, 0) is 19.1 Å². The molecule has 0 aromatic rings. The van der Waals surface area contributed by atoms with E-state index < -0.39 is 91.7 Å². The van der Waals surface area contributed by atoms with Gasteiger partial charge in [-0.2, -0.15) is 0 Å². The van der Waals surface area contributed by atoms with Gasteiger partial charge in [0.25, 0.3) is 0 Å². The normalized spacial score (nSPS) is 43.2. The van der Waals surface area contributed by atoms with Crippen LogP contribution in [-0.4, -0.2) is 138 Å². The second-order valence-electron chi connectivity index (χ2n) is 7.61. The lowest BCUT2D eigenvalue weighted by Crippen LogP contribution is -2.69. The number of hydrogen-bond donors (Lipinski definition) is 10. The van der Waals surface area contributed by atoms with E-state index in [0.717, 1.165) is 12.3 Å². The SMILES string of the molecule is CC(=O)N[C@@H](C=S)C(=O)N[C@H]1[C@@H](OC2[C@H](O)[C@H](O)C(O)[C@H](O)[C@H]2O)O[C@H](CO)[C@@H](O)[C@@H]1O. The van der Waals surface area contributed by atoms with Gasteiger partial charge in [-0.3, -0.25) is 9.59 Å². The Morgan fingerprint density at radius 2 is 1.50 bits per heavy atom. The predicted molar refractivity (Wildman–Crippen MR) is 106 cm³/mol. The highest BCUT2D eigenvalue weighted by atomic mass is 32.1. The fourth-order valence-corrected chi connectivity index (χ4v) is 3.69. The first-order valence-corrected chi connectivity index (χ1v) is 10.1. The van der Waals surface area contributed by atoms with Crippen LogP contribution < -0.4 is 10.6 Å². The molecule has 1 saturated carbocycles. The van der Waals surface area contributed by atoms with Crippen molar-refractivity contribution in [3.8, 4) is 0 Å². The third-order valence-corrected chi connectivity index (χ3v) is 5.60. The molecule has 0 aromatic carbocycles. The van der Waals surface area contributed by atoms with Crippen molar-refractivity contribution >= 4 is 29.4 Å². The maximum absolute atomic E-state index is 12.5. The van der Waals surface area contributed by atoms with Crippen LogP contribution in [0.5, 0.6) is 0 Å². The number of amides is 2. The van der Waals surface area contributed by atoms with E-state index in [1.807, 2.05) is 0 Å². The molecular weight excluding hydrogens is 456 g/mol. The smallest absolute Gasteiger partial charge is 0.247 e. The number of nitrogens with one attached hydrogen (secondary N) is 2. The monoisotopic (exact) mass is 484 g/mol. The molecule has 2 fully saturated rings. The van der Waals surface area contributed by atoms with Crippen molar-refractivity contribution in [2.45, 2.75) is 80.2 Å². The van der Waals surface area contributed by atoms with Gasteiger partial charge in [-0.1, -0.05) is 12.2 Å². The van der Waals surface area contributed by atoms with Crippen LogP contribution in [0.25, 0.3) is 0 Å². The van der Waals surface area contributed by atoms with Gasteiger partial charge in [0.15, 0.2) is 6.29 Å². The Morgan fingerprint density at radius 3 is 1.97 bits per heavy atom. The molecule has 2 rings (SSSR count). The molecule has 15 heteroatoms. The van der Waals surface area contributed by atoms with Crippen LogP contribution in [0.4, 0.5) is 0 Å². The Bertz CT molecular complexity index is 670. The summed E-state index contributed by atoms with van der Waals surface area (Å²) in [6, 6.07) is -2.89. The van der Waals surface area contributed by atoms with Crippen LogP contribution in [0.2, 0.25) is 0 Å². The minimum absolute atomic E-state index is 0.588. The van der Waals surface area contributed by atoms with E-state index in [9.17, 15) is 50.4 Å². The highest BCUT2D eigenvalue weighted by Crippen LogP contribution is 2.29. The lowest BCUT2D eigenvalue weighted by molar-refractivity contribution is -0.319. The van der Waals surface area contributed by atoms with Gasteiger partial charge >= 0.3 is 0 Å². The summed E-state index contributed by atoms with van der Waals surface area (Å²) in [6.45, 7) is 0.350. The van der Waals surface area contributed by atoms with Crippen LogP contribution in [0, 0.1) is 0 Å². The molecule has 10 N–H and O–H groups in total. The first-order valence-electron chi connectivity index (χ1n) is 9.65. The number of hydrogen-bond acceptors (Lipinski definition) is 13. The minimum atomic E-state index is -1.92. The van der Waals surface area contributed by atoms with Gasteiger partial charge in [-0.25, -0.2) is 0 Å². The molecule has 0 spiro atoms. The second-order valence-corrected chi connectivity index (χ2v) is 7.88. The number of carbonyl (C=O) groups is 2. The second kappa shape index (κ2) is 11.2. The first-order chi connectivity index (χ1) is 14.9. The summed E-state index contributed by atoms with van der Waals surface area (Å²) in [4.78, 5) is 23.8. The third kappa shape index (κ3) is 5.57. The number of aliphatic hydroxyl groups is 8. The molecule has 14 nitrogen and oxygen atoms in total. The lowest BCUT2D eigenvalue weighted by atomic mass is 9.84. The van der Waals surface area contributed by atoms with Crippen molar-refractivity contribution in [3.05, 3.63) is 0 Å². The molecule has 2 aliphatic rings. The number of carbonyl (C=O) groups excluding carboxylic acids is 2. The van der Waals surface area contributed by atoms with Gasteiger partial charge in [-0.05, 0) is 0 Å². The van der Waals surface area contributed by atoms with Gasteiger partial charge in [-0.15, -0.1) is 0 Å². The summed E-state index contributed by atoms with van der Waals surface area (Å²) in [7, 11) is 0. The van der Waals surface area contributed by atoms with Gasteiger partial charge in [0.1, 0.15) is 67.0 Å². The van der Waals surface area contributed by atoms with Crippen LogP contribution in [0.1, 0.15) is 6.92 Å². The highest BCUT2D eigenvalue weighted by Gasteiger charge is 2.53. The van der Waals surface area contributed by atoms with Crippen LogP contribution in [0.15, 0.2) is 0 Å². The summed E-state index contributed by atoms with van der Waals surface area (Å²) < 4.78 is 10.8. The maximum Gasteiger partial charge on any atom is 0.247 e. The third-order valence-electron chi connectivity index (χ3n) is 5.33. The summed E-state index contributed by atoms with van der Waals surface area (Å²) in [6.07, 6.45) is -18.0. The minimum Gasteiger partial charge on any atom is -0.394 e. The zero-order chi connectivity index (χ0) is 24.3. The number of rotatable bonds is 7. The first kappa shape index (κ1) is 26.9. The van der Waals surface area contributed by atoms with E-state index in [-0.39, 0.29) is 0 Å². The van der Waals surface area contributed by atoms with Crippen molar-refractivity contribution in [2.75, 3.05) is 6.61 Å². The van der Waals surface area contributed by atoms with Gasteiger partial charge in [0.2, 0.25) is 11.8 Å². The molecule has 1 aliphatic heterocycles. The molecule has 1 aliphatic carbocycles. The van der Waals surface area contributed by atoms with Crippen LogP contribution in [0.3, 0.4) is 0 Å². The highest BCUT2D eigenvalue weighted by molar-refractivity contribution is 7.79. The average molecular weight is 484 g/mol. The molecule has 12 atom stereocenters. The molecule has 2 unspecified atom stereocenters. The fraction of sp³-hybridized carbons (Fsp3) is 0.824. The number of thiocarbonyl (C=S) groups is 1. The van der Waals surface area contributed by atoms with Crippen molar-refractivity contribution < 1.29 is 59.9 Å². The zero-order valence-electron chi connectivity index (χ0n) is 16.8. The van der Waals surface area contributed by atoms with E-state index in [1.54, 1.807) is 0 Å². The zero-order valence-corrected chi connectivity index (χ0v) is 17.6. The molecule has 0 aromatic heterocycles. The Hall–Kier alpha value is -1.37. The van der Waals surface area contributed by atoms with E-state index in [0.29, 0.717) is 0 Å². The predicted octanol–water partition coefficient (Wildman–Crippen LogP) is -6.38. The Labute approximate surface area is 187 Å². The molecule has 184 valence electrons. The number of ether oxygens (including phenoxy) is 2. The Morgan fingerprint density at radius 1 is 0.969 bits per heavy atom. The fourth-order valence-electron chi connectivity index (χ4n) is 3.50. The Kier molecular flexibility index (Phi) is 9.38. The molecule has 1 heterocycles. The van der Waals surface area contributed by atoms with Gasteiger partial charge in [0, 0.05) is 12.3 Å². The molecule has 0 bridgehead atoms. The van der Waals surface area contributed by atoms with Crippen LogP contribution >= 0.6 is 12.2 Å². The van der Waals surface area contributed by atoms with Gasteiger partial charge in [0.05, 0.1) is 6.61 Å². The average Bonchev–Trinajstić information content (AvgIpc) is 2.76. The van der Waals surface area contributed by atoms with Crippen molar-refractivity contribution in [1.29, 1.82) is 0 Å². The lowest BCUT2D eigenvalue weighted by Gasteiger charge is -2.47. The molecule has 1 saturated heterocycles. The molecule has 2 amide bonds. The summed E-state index contributed by atoms with van der Waals surface area (Å²) >= 11 is 4.70. The molecule has 32 heavy (non-hydrogen) atoms. The summed E-state index contributed by atoms with van der Waals surface area (Å²) in [5.74, 6) is -1.51. The van der Waals surface area contributed by atoms with Crippen molar-refractivity contribution in [2.24, 2.45) is 0 Å². The van der Waals surface area contributed by atoms with Gasteiger partial charge < -0.3 is 61.0 Å². The van der Waals surface area contributed by atoms with Crippen molar-refractivity contribution in [3.63, 3.8) is 0 Å². The van der Waals surface area contributed by atoms with Crippen molar-refractivity contribution in [1.82, 2.24) is 10.6 Å². The van der Waals surface area contributed by atoms with E-state index in [1.165, 1.54) is 0 Å². The Balaban J connectivity index is 2.28. The summed E-state index contributed by atoms with van der Waals surface area (Å²) in [5, 5.41) is 85.3. The summed E-state index contributed by atoms with van der Waals surface area (Å²) in [5.41, 5.74) is 0. The quantitative estimate of drug-likeness (QED) is 0.151. The van der Waals surface area contributed by atoms with E-state index in [2.05, 4.69) is 10.6 Å².